The van der Waals surface area contributed by atoms with Gasteiger partial charge in [-0.25, -0.2) is 0 Å². The minimum atomic E-state index is -1.00. The Hall–Kier alpha value is -1.96. The number of carboxylic acid groups (broad SMARTS) is 1. The molecule has 1 aromatic rings. The van der Waals surface area contributed by atoms with Crippen LogP contribution in [0.4, 0.5) is 11.4 Å². The van der Waals surface area contributed by atoms with Gasteiger partial charge in [0.1, 0.15) is 0 Å². The molecule has 2 rings (SSSR count). The topological polar surface area (TPSA) is 110 Å². The van der Waals surface area contributed by atoms with Crippen molar-refractivity contribution in [3.8, 4) is 0 Å². The second-order valence-corrected chi connectivity index (χ2v) is 5.05. The maximum absolute atomic E-state index is 11.8. The van der Waals surface area contributed by atoms with Crippen LogP contribution in [0.3, 0.4) is 0 Å². The van der Waals surface area contributed by atoms with Crippen LogP contribution in [-0.4, -0.2) is 21.9 Å². The van der Waals surface area contributed by atoms with Gasteiger partial charge in [0.05, 0.1) is 22.4 Å². The van der Waals surface area contributed by atoms with Crippen LogP contribution in [0.1, 0.15) is 6.42 Å². The van der Waals surface area contributed by atoms with E-state index in [1.807, 2.05) is 0 Å². The lowest BCUT2D eigenvalue weighted by atomic mass is 10.2. The van der Waals surface area contributed by atoms with Crippen molar-refractivity contribution in [1.82, 2.24) is 0 Å². The quantitative estimate of drug-likeness (QED) is 0.649. The monoisotopic (exact) mass is 328 g/mol. The molecular formula is C11H9BrN2O5. The molecule has 0 unspecified atom stereocenters. The van der Waals surface area contributed by atoms with E-state index in [0.717, 1.165) is 0 Å². The Morgan fingerprint density at radius 2 is 2.11 bits per heavy atom. The lowest BCUT2D eigenvalue weighted by molar-refractivity contribution is -0.384. The summed E-state index contributed by atoms with van der Waals surface area (Å²) < 4.78 is 0.499. The number of carbonyl (C=O) groups is 2. The average molecular weight is 329 g/mol. The molecule has 7 nitrogen and oxygen atoms in total. The Morgan fingerprint density at radius 1 is 1.42 bits per heavy atom. The summed E-state index contributed by atoms with van der Waals surface area (Å²) in [4.78, 5) is 32.5. The molecule has 19 heavy (non-hydrogen) atoms. The molecule has 8 heteroatoms. The third-order valence-corrected chi connectivity index (χ3v) is 3.55. The SMILES string of the molecule is O=C(O)[C@H]1C[C@H]1C(=O)Nc1cc([N+](=O)[O-])ccc1Br. The number of hydrogen-bond acceptors (Lipinski definition) is 4. The summed E-state index contributed by atoms with van der Waals surface area (Å²) in [6, 6.07) is 3.98. The van der Waals surface area contributed by atoms with Crippen molar-refractivity contribution in [2.75, 3.05) is 5.32 Å². The summed E-state index contributed by atoms with van der Waals surface area (Å²) in [5, 5.41) is 21.9. The summed E-state index contributed by atoms with van der Waals surface area (Å²) in [5.41, 5.74) is 0.110. The number of nitro groups is 1. The van der Waals surface area contributed by atoms with Crippen LogP contribution in [-0.2, 0) is 9.59 Å². The van der Waals surface area contributed by atoms with Crippen LogP contribution >= 0.6 is 15.9 Å². The smallest absolute Gasteiger partial charge is 0.307 e. The van der Waals surface area contributed by atoms with E-state index in [-0.39, 0.29) is 11.4 Å². The zero-order valence-electron chi connectivity index (χ0n) is 9.50. The largest absolute Gasteiger partial charge is 0.481 e. The second kappa shape index (κ2) is 4.96. The Kier molecular flexibility index (Phi) is 3.52. The van der Waals surface area contributed by atoms with Crippen LogP contribution in [0, 0.1) is 22.0 Å². The van der Waals surface area contributed by atoms with Crippen LogP contribution in [0.5, 0.6) is 0 Å². The normalized spacial score (nSPS) is 20.7. The molecule has 2 N–H and O–H groups in total. The standard InChI is InChI=1S/C11H9BrN2O5/c12-8-2-1-5(14(18)19)3-9(8)13-10(15)6-4-7(6)11(16)17/h1-3,6-7H,4H2,(H,13,15)(H,16,17)/t6-,7+/m1/s1. The van der Waals surface area contributed by atoms with Gasteiger partial charge in [-0.15, -0.1) is 0 Å². The number of non-ortho nitro benzene ring substituents is 1. The molecule has 0 spiro atoms. The van der Waals surface area contributed by atoms with E-state index in [1.54, 1.807) is 0 Å². The Morgan fingerprint density at radius 3 is 2.63 bits per heavy atom. The van der Waals surface area contributed by atoms with E-state index in [1.165, 1.54) is 18.2 Å². The van der Waals surface area contributed by atoms with Gasteiger partial charge in [-0.05, 0) is 28.4 Å². The van der Waals surface area contributed by atoms with Gasteiger partial charge in [0, 0.05) is 16.6 Å². The molecule has 2 atom stereocenters. The third-order valence-electron chi connectivity index (χ3n) is 2.86. The average Bonchev–Trinajstić information content (AvgIpc) is 3.11. The van der Waals surface area contributed by atoms with Gasteiger partial charge in [0.25, 0.3) is 5.69 Å². The van der Waals surface area contributed by atoms with E-state index < -0.39 is 28.6 Å². The zero-order valence-corrected chi connectivity index (χ0v) is 11.1. The summed E-state index contributed by atoms with van der Waals surface area (Å²) in [6.07, 6.45) is 0.299. The van der Waals surface area contributed by atoms with Crippen molar-refractivity contribution in [3.05, 3.63) is 32.8 Å². The summed E-state index contributed by atoms with van der Waals surface area (Å²) in [6.45, 7) is 0. The predicted octanol–water partition coefficient (Wildman–Crippen LogP) is 2.02. The predicted molar refractivity (Wildman–Crippen MR) is 68.7 cm³/mol. The number of carboxylic acids is 1. The van der Waals surface area contributed by atoms with Crippen molar-refractivity contribution in [1.29, 1.82) is 0 Å². The number of nitrogens with zero attached hydrogens (tertiary/aromatic N) is 1. The molecule has 1 fully saturated rings. The van der Waals surface area contributed by atoms with E-state index in [0.29, 0.717) is 10.9 Å². The molecule has 0 aromatic heterocycles. The van der Waals surface area contributed by atoms with Crippen molar-refractivity contribution in [3.63, 3.8) is 0 Å². The highest BCUT2D eigenvalue weighted by Crippen LogP contribution is 2.40. The maximum atomic E-state index is 11.8. The molecular weight excluding hydrogens is 320 g/mol. The third kappa shape index (κ3) is 2.90. The van der Waals surface area contributed by atoms with Crippen LogP contribution in [0.15, 0.2) is 22.7 Å². The van der Waals surface area contributed by atoms with E-state index in [4.69, 9.17) is 5.11 Å². The van der Waals surface area contributed by atoms with Crippen molar-refractivity contribution in [2.24, 2.45) is 11.8 Å². The molecule has 100 valence electrons. The Balaban J connectivity index is 2.11. The molecule has 0 radical (unpaired) electrons. The molecule has 1 aliphatic carbocycles. The summed E-state index contributed by atoms with van der Waals surface area (Å²) in [5.74, 6) is -2.66. The first-order chi connectivity index (χ1) is 8.90. The van der Waals surface area contributed by atoms with Crippen LogP contribution in [0.2, 0.25) is 0 Å². The fourth-order valence-electron chi connectivity index (χ4n) is 1.71. The fourth-order valence-corrected chi connectivity index (χ4v) is 2.05. The van der Waals surface area contributed by atoms with Crippen LogP contribution < -0.4 is 5.32 Å². The molecule has 0 bridgehead atoms. The van der Waals surface area contributed by atoms with E-state index in [9.17, 15) is 19.7 Å². The number of amides is 1. The first-order valence-corrected chi connectivity index (χ1v) is 6.17. The fraction of sp³-hybridized carbons (Fsp3) is 0.273. The van der Waals surface area contributed by atoms with Gasteiger partial charge in [-0.1, -0.05) is 0 Å². The number of hydrogen-bond donors (Lipinski definition) is 2. The van der Waals surface area contributed by atoms with Crippen LogP contribution in [0.25, 0.3) is 0 Å². The highest BCUT2D eigenvalue weighted by Gasteiger charge is 2.48. The van der Waals surface area contributed by atoms with Gasteiger partial charge in [-0.2, -0.15) is 0 Å². The second-order valence-electron chi connectivity index (χ2n) is 4.20. The van der Waals surface area contributed by atoms with Crippen molar-refractivity contribution < 1.29 is 19.6 Å². The molecule has 1 aliphatic rings. The number of rotatable bonds is 4. The molecule has 1 saturated carbocycles. The van der Waals surface area contributed by atoms with E-state index in [2.05, 4.69) is 21.2 Å². The summed E-state index contributed by atoms with van der Waals surface area (Å²) >= 11 is 3.17. The minimum absolute atomic E-state index is 0.149. The van der Waals surface area contributed by atoms with Crippen molar-refractivity contribution >= 4 is 39.2 Å². The number of benzene rings is 1. The van der Waals surface area contributed by atoms with Crippen molar-refractivity contribution in [2.45, 2.75) is 6.42 Å². The number of nitro benzene ring substituents is 1. The minimum Gasteiger partial charge on any atom is -0.481 e. The van der Waals surface area contributed by atoms with Gasteiger partial charge in [0.2, 0.25) is 5.91 Å². The summed E-state index contributed by atoms with van der Waals surface area (Å²) in [7, 11) is 0. The molecule has 1 amide bonds. The number of nitrogens with one attached hydrogen (secondary N) is 1. The number of anilines is 1. The first kappa shape index (κ1) is 13.5. The zero-order chi connectivity index (χ0) is 14.2. The molecule has 0 heterocycles. The number of carbonyl (C=O) groups excluding carboxylic acids is 1. The van der Waals surface area contributed by atoms with E-state index >= 15 is 0 Å². The lowest BCUT2D eigenvalue weighted by Crippen LogP contribution is -2.17. The molecule has 0 aliphatic heterocycles. The van der Waals surface area contributed by atoms with Gasteiger partial charge in [0.15, 0.2) is 0 Å². The lowest BCUT2D eigenvalue weighted by Gasteiger charge is -2.06. The van der Waals surface area contributed by atoms with Gasteiger partial charge in [-0.3, -0.25) is 19.7 Å². The molecule has 1 aromatic carbocycles. The highest BCUT2D eigenvalue weighted by atomic mass is 79.9. The van der Waals surface area contributed by atoms with Gasteiger partial charge < -0.3 is 10.4 Å². The Bertz CT molecular complexity index is 574. The highest BCUT2D eigenvalue weighted by molar-refractivity contribution is 9.10. The maximum Gasteiger partial charge on any atom is 0.307 e. The Labute approximate surface area is 115 Å². The first-order valence-electron chi connectivity index (χ1n) is 5.37. The number of aliphatic carboxylic acids is 1. The number of halogens is 1. The molecule has 0 saturated heterocycles. The van der Waals surface area contributed by atoms with Gasteiger partial charge >= 0.3 is 5.97 Å².